The molecule has 0 unspecified atom stereocenters. The molecule has 160 valence electrons. The van der Waals surface area contributed by atoms with Crippen molar-refractivity contribution in [1.29, 1.82) is 0 Å². The number of para-hydroxylation sites is 1. The number of halogens is 1. The fourth-order valence-corrected chi connectivity index (χ4v) is 3.75. The number of aryl methyl sites for hydroxylation is 1. The molecule has 0 bridgehead atoms. The first-order valence-electron chi connectivity index (χ1n) is 9.93. The van der Waals surface area contributed by atoms with E-state index in [1.807, 2.05) is 0 Å². The molecule has 2 aromatic carbocycles. The molecule has 3 amide bonds. The van der Waals surface area contributed by atoms with Gasteiger partial charge in [-0.1, -0.05) is 36.4 Å². The molecule has 31 heavy (non-hydrogen) atoms. The summed E-state index contributed by atoms with van der Waals surface area (Å²) in [6, 6.07) is 11.4. The van der Waals surface area contributed by atoms with E-state index in [1.165, 1.54) is 9.58 Å². The van der Waals surface area contributed by atoms with Crippen LogP contribution in [0.2, 0.25) is 0 Å². The lowest BCUT2D eigenvalue weighted by Crippen LogP contribution is -2.58. The number of carbonyl (C=O) groups is 3. The van der Waals surface area contributed by atoms with Gasteiger partial charge >= 0.3 is 0 Å². The molecule has 2 heterocycles. The zero-order chi connectivity index (χ0) is 22.1. The van der Waals surface area contributed by atoms with Gasteiger partial charge in [-0.25, -0.2) is 4.39 Å². The quantitative estimate of drug-likeness (QED) is 0.626. The van der Waals surface area contributed by atoms with Gasteiger partial charge in [0.1, 0.15) is 18.4 Å². The maximum absolute atomic E-state index is 14.1. The van der Waals surface area contributed by atoms with Gasteiger partial charge in [0, 0.05) is 24.0 Å². The van der Waals surface area contributed by atoms with E-state index in [9.17, 15) is 18.8 Å². The lowest BCUT2D eigenvalue weighted by Gasteiger charge is -2.39. The molecular weight excluding hydrogens is 401 g/mol. The van der Waals surface area contributed by atoms with Crippen LogP contribution >= 0.6 is 0 Å². The maximum atomic E-state index is 14.1. The number of aromatic nitrogens is 2. The van der Waals surface area contributed by atoms with Crippen LogP contribution in [0.5, 0.6) is 0 Å². The normalized spacial score (nSPS) is 15.5. The Morgan fingerprint density at radius 3 is 2.68 bits per heavy atom. The highest BCUT2D eigenvalue weighted by Crippen LogP contribution is 2.22. The van der Waals surface area contributed by atoms with Crippen molar-refractivity contribution in [2.75, 3.05) is 6.54 Å². The highest BCUT2D eigenvalue weighted by Gasteiger charge is 2.37. The van der Waals surface area contributed by atoms with Crippen LogP contribution in [0.15, 0.2) is 42.5 Å². The zero-order valence-electron chi connectivity index (χ0n) is 17.0. The van der Waals surface area contributed by atoms with Crippen molar-refractivity contribution in [1.82, 2.24) is 20.0 Å². The number of nitrogens with two attached hydrogens (primary N) is 1. The number of carbonyl (C=O) groups excluding carboxylic acids is 3. The summed E-state index contributed by atoms with van der Waals surface area (Å²) in [5, 5.41) is 7.47. The Kier molecular flexibility index (Phi) is 5.41. The van der Waals surface area contributed by atoms with Crippen molar-refractivity contribution in [3.8, 4) is 0 Å². The Balaban J connectivity index is 1.43. The Labute approximate surface area is 177 Å². The number of benzene rings is 2. The van der Waals surface area contributed by atoms with E-state index in [1.54, 1.807) is 49.4 Å². The van der Waals surface area contributed by atoms with Crippen molar-refractivity contribution in [2.24, 2.45) is 5.73 Å². The Morgan fingerprint density at radius 1 is 1.19 bits per heavy atom. The predicted molar refractivity (Wildman–Crippen MR) is 111 cm³/mol. The minimum Gasteiger partial charge on any atom is -0.364 e. The van der Waals surface area contributed by atoms with Gasteiger partial charge in [-0.05, 0) is 25.0 Å². The van der Waals surface area contributed by atoms with Crippen LogP contribution in [-0.4, -0.2) is 45.0 Å². The minimum absolute atomic E-state index is 0.0522. The van der Waals surface area contributed by atoms with Gasteiger partial charge in [-0.3, -0.25) is 19.1 Å². The summed E-state index contributed by atoms with van der Waals surface area (Å²) < 4.78 is 15.5. The Bertz CT molecular complexity index is 1190. The number of hydrogen-bond acceptors (Lipinski definition) is 4. The maximum Gasteiger partial charge on any atom is 0.269 e. The molecule has 0 spiro atoms. The fourth-order valence-electron chi connectivity index (χ4n) is 3.75. The second-order valence-corrected chi connectivity index (χ2v) is 7.55. The number of hydrogen-bond donors (Lipinski definition) is 2. The topological polar surface area (TPSA) is 110 Å². The molecule has 0 saturated carbocycles. The van der Waals surface area contributed by atoms with Crippen LogP contribution in [0.4, 0.5) is 4.39 Å². The van der Waals surface area contributed by atoms with Gasteiger partial charge in [0.05, 0.1) is 5.52 Å². The van der Waals surface area contributed by atoms with E-state index >= 15 is 0 Å². The predicted octanol–water partition coefficient (Wildman–Crippen LogP) is 1.50. The minimum atomic E-state index is -0.674. The summed E-state index contributed by atoms with van der Waals surface area (Å²) in [5.41, 5.74) is 7.01. The van der Waals surface area contributed by atoms with Crippen LogP contribution < -0.4 is 11.1 Å². The number of nitrogens with one attached hydrogen (secondary N) is 1. The van der Waals surface area contributed by atoms with Gasteiger partial charge in [0.15, 0.2) is 5.69 Å². The third kappa shape index (κ3) is 3.86. The molecule has 8 nitrogen and oxygen atoms in total. The molecule has 1 aliphatic rings. The Morgan fingerprint density at radius 2 is 1.97 bits per heavy atom. The number of rotatable bonds is 6. The smallest absolute Gasteiger partial charge is 0.269 e. The third-order valence-corrected chi connectivity index (χ3v) is 5.54. The molecule has 1 aliphatic heterocycles. The van der Waals surface area contributed by atoms with Gasteiger partial charge in [0.2, 0.25) is 11.8 Å². The standard InChI is InChI=1S/C22H22FN5O3/c1-13-5-4-6-14(19(13)23)11-25-22(31)17-9-10-27(17)18(29)12-28-16-8-3-2-7-15(16)20(26-28)21(24)30/h2-8,17H,9-12H2,1H3,(H2,24,30)(H,25,31)/t17-/m0/s1. The fraction of sp³-hybridized carbons (Fsp3) is 0.273. The number of primary amides is 1. The van der Waals surface area contributed by atoms with Crippen LogP contribution in [0.25, 0.3) is 10.9 Å². The molecule has 4 rings (SSSR count). The molecule has 1 fully saturated rings. The first-order valence-corrected chi connectivity index (χ1v) is 9.93. The highest BCUT2D eigenvalue weighted by atomic mass is 19.1. The summed E-state index contributed by atoms with van der Waals surface area (Å²) in [6.07, 6.45) is 0.528. The van der Waals surface area contributed by atoms with Crippen LogP contribution in [-0.2, 0) is 22.7 Å². The van der Waals surface area contributed by atoms with Crippen molar-refractivity contribution in [3.05, 3.63) is 65.1 Å². The third-order valence-electron chi connectivity index (χ3n) is 5.54. The van der Waals surface area contributed by atoms with Crippen LogP contribution in [0.1, 0.15) is 28.0 Å². The largest absolute Gasteiger partial charge is 0.364 e. The average Bonchev–Trinajstić information content (AvgIpc) is 3.07. The summed E-state index contributed by atoms with van der Waals surface area (Å²) in [7, 11) is 0. The van der Waals surface area contributed by atoms with Gasteiger partial charge in [-0.2, -0.15) is 5.10 Å². The molecule has 9 heteroatoms. The lowest BCUT2D eigenvalue weighted by molar-refractivity contribution is -0.148. The van der Waals surface area contributed by atoms with Crippen molar-refractivity contribution in [3.63, 3.8) is 0 Å². The molecule has 1 atom stereocenters. The first kappa shape index (κ1) is 20.5. The van der Waals surface area contributed by atoms with Crippen molar-refractivity contribution >= 4 is 28.6 Å². The number of nitrogens with zero attached hydrogens (tertiary/aromatic N) is 3. The summed E-state index contributed by atoms with van der Waals surface area (Å²) in [5.74, 6) is -1.65. The van der Waals surface area contributed by atoms with Gasteiger partial charge < -0.3 is 16.0 Å². The second-order valence-electron chi connectivity index (χ2n) is 7.55. The van der Waals surface area contributed by atoms with Crippen molar-refractivity contribution in [2.45, 2.75) is 32.5 Å². The molecule has 0 radical (unpaired) electrons. The van der Waals surface area contributed by atoms with E-state index in [0.29, 0.717) is 35.0 Å². The average molecular weight is 423 g/mol. The van der Waals surface area contributed by atoms with E-state index in [-0.39, 0.29) is 36.4 Å². The number of likely N-dealkylation sites (tertiary alicyclic amines) is 1. The molecule has 1 saturated heterocycles. The summed E-state index contributed by atoms with van der Waals surface area (Å²) in [6.45, 7) is 2.04. The van der Waals surface area contributed by atoms with E-state index in [2.05, 4.69) is 10.4 Å². The summed E-state index contributed by atoms with van der Waals surface area (Å²) in [4.78, 5) is 38.5. The van der Waals surface area contributed by atoms with E-state index < -0.39 is 11.9 Å². The molecule has 0 aliphatic carbocycles. The van der Waals surface area contributed by atoms with Crippen LogP contribution in [0.3, 0.4) is 0 Å². The number of amides is 3. The first-order chi connectivity index (χ1) is 14.9. The molecule has 3 aromatic rings. The zero-order valence-corrected chi connectivity index (χ0v) is 17.0. The summed E-state index contributed by atoms with van der Waals surface area (Å²) >= 11 is 0. The Hall–Kier alpha value is -3.75. The second kappa shape index (κ2) is 8.17. The highest BCUT2D eigenvalue weighted by molar-refractivity contribution is 6.04. The van der Waals surface area contributed by atoms with Gasteiger partial charge in [0.25, 0.3) is 5.91 Å². The molecule has 1 aromatic heterocycles. The van der Waals surface area contributed by atoms with Crippen molar-refractivity contribution < 1.29 is 18.8 Å². The van der Waals surface area contributed by atoms with E-state index in [4.69, 9.17) is 5.73 Å². The van der Waals surface area contributed by atoms with Crippen LogP contribution in [0, 0.1) is 12.7 Å². The molecule has 3 N–H and O–H groups in total. The molecular formula is C22H22FN5O3. The monoisotopic (exact) mass is 423 g/mol. The van der Waals surface area contributed by atoms with E-state index in [0.717, 1.165) is 0 Å². The SMILES string of the molecule is Cc1cccc(CNC(=O)[C@@H]2CCN2C(=O)Cn2nc(C(N)=O)c3ccccc32)c1F. The lowest BCUT2D eigenvalue weighted by atomic mass is 10.0. The van der Waals surface area contributed by atoms with Gasteiger partial charge in [-0.15, -0.1) is 0 Å². The number of fused-ring (bicyclic) bond motifs is 1.